The smallest absolute Gasteiger partial charge is 0.0984 e. The van der Waals surface area contributed by atoms with Crippen molar-refractivity contribution in [2.24, 2.45) is 5.92 Å². The van der Waals surface area contributed by atoms with E-state index in [1.165, 1.54) is 16.7 Å². The largest absolute Gasteiger partial charge is 0.386 e. The molecule has 0 fully saturated rings. The molecule has 0 amide bonds. The number of hydrogen-bond acceptors (Lipinski definition) is 2. The van der Waals surface area contributed by atoms with Crippen LogP contribution in [0.3, 0.4) is 0 Å². The summed E-state index contributed by atoms with van der Waals surface area (Å²) < 4.78 is 0. The summed E-state index contributed by atoms with van der Waals surface area (Å²) in [5.41, 5.74) is 4.83. The van der Waals surface area contributed by atoms with E-state index in [0.717, 1.165) is 18.5 Å². The van der Waals surface area contributed by atoms with Crippen molar-refractivity contribution in [2.45, 2.75) is 39.0 Å². The highest BCUT2D eigenvalue weighted by Crippen LogP contribution is 2.35. The third kappa shape index (κ3) is 3.02. The standard InChI is InChI=1S/C19H23NO/c1-13(2)11-14-7-9-15(10-8-14)19(21)18-17-6-4-3-5-16(17)12-20-18/h3-10,13,18-21H,11-12H2,1-2H3. The third-order valence-corrected chi connectivity index (χ3v) is 4.18. The number of fused-ring (bicyclic) bond motifs is 1. The Kier molecular flexibility index (Phi) is 4.09. The topological polar surface area (TPSA) is 32.3 Å². The predicted molar refractivity (Wildman–Crippen MR) is 86.0 cm³/mol. The number of hydrogen-bond donors (Lipinski definition) is 2. The van der Waals surface area contributed by atoms with Gasteiger partial charge >= 0.3 is 0 Å². The van der Waals surface area contributed by atoms with Crippen molar-refractivity contribution in [3.05, 3.63) is 70.8 Å². The van der Waals surface area contributed by atoms with Crippen LogP contribution in [0.5, 0.6) is 0 Å². The molecule has 2 heteroatoms. The van der Waals surface area contributed by atoms with E-state index in [4.69, 9.17) is 0 Å². The van der Waals surface area contributed by atoms with Crippen LogP contribution in [0.2, 0.25) is 0 Å². The molecule has 2 unspecified atom stereocenters. The minimum atomic E-state index is -0.498. The summed E-state index contributed by atoms with van der Waals surface area (Å²) in [5, 5.41) is 14.1. The Morgan fingerprint density at radius 2 is 1.81 bits per heavy atom. The van der Waals surface area contributed by atoms with E-state index in [2.05, 4.69) is 61.6 Å². The second kappa shape index (κ2) is 6.00. The monoisotopic (exact) mass is 281 g/mol. The van der Waals surface area contributed by atoms with Crippen molar-refractivity contribution in [1.29, 1.82) is 0 Å². The lowest BCUT2D eigenvalue weighted by atomic mass is 9.94. The average Bonchev–Trinajstić information content (AvgIpc) is 2.90. The maximum atomic E-state index is 10.7. The summed E-state index contributed by atoms with van der Waals surface area (Å²) in [5.74, 6) is 0.657. The third-order valence-electron chi connectivity index (χ3n) is 4.18. The Bertz CT molecular complexity index is 603. The van der Waals surface area contributed by atoms with Gasteiger partial charge in [-0.15, -0.1) is 0 Å². The first-order chi connectivity index (χ1) is 10.1. The van der Waals surface area contributed by atoms with Crippen molar-refractivity contribution >= 4 is 0 Å². The van der Waals surface area contributed by atoms with Crippen LogP contribution in [0.1, 0.15) is 48.2 Å². The zero-order valence-corrected chi connectivity index (χ0v) is 12.7. The minimum Gasteiger partial charge on any atom is -0.386 e. The maximum Gasteiger partial charge on any atom is 0.0984 e. The van der Waals surface area contributed by atoms with E-state index in [1.807, 2.05) is 6.07 Å². The fourth-order valence-electron chi connectivity index (χ4n) is 3.12. The highest BCUT2D eigenvalue weighted by atomic mass is 16.3. The van der Waals surface area contributed by atoms with Gasteiger partial charge < -0.3 is 10.4 Å². The molecule has 2 nitrogen and oxygen atoms in total. The quantitative estimate of drug-likeness (QED) is 0.894. The number of nitrogens with one attached hydrogen (secondary N) is 1. The van der Waals surface area contributed by atoms with Gasteiger partial charge in [0.25, 0.3) is 0 Å². The molecule has 1 aliphatic rings. The summed E-state index contributed by atoms with van der Waals surface area (Å²) in [7, 11) is 0. The molecule has 3 rings (SSSR count). The molecule has 1 heterocycles. The second-order valence-corrected chi connectivity index (χ2v) is 6.34. The molecule has 0 aliphatic carbocycles. The van der Waals surface area contributed by atoms with Crippen molar-refractivity contribution in [1.82, 2.24) is 5.32 Å². The first-order valence-electron chi connectivity index (χ1n) is 7.73. The maximum absolute atomic E-state index is 10.7. The lowest BCUT2D eigenvalue weighted by Gasteiger charge is -2.20. The molecule has 21 heavy (non-hydrogen) atoms. The van der Waals surface area contributed by atoms with E-state index in [9.17, 15) is 5.11 Å². The molecule has 0 spiro atoms. The van der Waals surface area contributed by atoms with Gasteiger partial charge in [-0.1, -0.05) is 62.4 Å². The van der Waals surface area contributed by atoms with E-state index >= 15 is 0 Å². The summed E-state index contributed by atoms with van der Waals surface area (Å²) in [4.78, 5) is 0. The Morgan fingerprint density at radius 3 is 2.52 bits per heavy atom. The summed E-state index contributed by atoms with van der Waals surface area (Å²) in [6, 6.07) is 16.7. The van der Waals surface area contributed by atoms with Crippen LogP contribution in [0.4, 0.5) is 0 Å². The van der Waals surface area contributed by atoms with Crippen LogP contribution in [0.15, 0.2) is 48.5 Å². The molecule has 2 aromatic rings. The average molecular weight is 281 g/mol. The highest BCUT2D eigenvalue weighted by Gasteiger charge is 2.28. The van der Waals surface area contributed by atoms with Gasteiger partial charge in [-0.25, -0.2) is 0 Å². The van der Waals surface area contributed by atoms with Crippen LogP contribution < -0.4 is 5.32 Å². The molecular weight excluding hydrogens is 258 g/mol. The van der Waals surface area contributed by atoms with Gasteiger partial charge in [0, 0.05) is 6.54 Å². The lowest BCUT2D eigenvalue weighted by Crippen LogP contribution is -2.20. The van der Waals surface area contributed by atoms with Crippen LogP contribution >= 0.6 is 0 Å². The second-order valence-electron chi connectivity index (χ2n) is 6.34. The Balaban J connectivity index is 1.78. The van der Waals surface area contributed by atoms with E-state index in [0.29, 0.717) is 5.92 Å². The van der Waals surface area contributed by atoms with Gasteiger partial charge in [0.1, 0.15) is 0 Å². The molecule has 1 aliphatic heterocycles. The SMILES string of the molecule is CC(C)Cc1ccc(C(O)C2NCc3ccccc32)cc1. The van der Waals surface area contributed by atoms with Crippen LogP contribution in [0.25, 0.3) is 0 Å². The lowest BCUT2D eigenvalue weighted by molar-refractivity contribution is 0.133. The van der Waals surface area contributed by atoms with E-state index < -0.39 is 6.10 Å². The minimum absolute atomic E-state index is 0.00264. The van der Waals surface area contributed by atoms with Gasteiger partial charge in [-0.2, -0.15) is 0 Å². The first-order valence-corrected chi connectivity index (χ1v) is 7.73. The predicted octanol–water partition coefficient (Wildman–Crippen LogP) is 3.76. The van der Waals surface area contributed by atoms with Crippen molar-refractivity contribution in [3.8, 4) is 0 Å². The van der Waals surface area contributed by atoms with Crippen LogP contribution in [-0.2, 0) is 13.0 Å². The first kappa shape index (κ1) is 14.3. The zero-order chi connectivity index (χ0) is 14.8. The van der Waals surface area contributed by atoms with Crippen molar-refractivity contribution in [2.75, 3.05) is 0 Å². The molecule has 0 saturated heterocycles. The van der Waals surface area contributed by atoms with Crippen molar-refractivity contribution in [3.63, 3.8) is 0 Å². The van der Waals surface area contributed by atoms with E-state index in [1.54, 1.807) is 0 Å². The summed E-state index contributed by atoms with van der Waals surface area (Å²) in [6.45, 7) is 5.29. The number of aliphatic hydroxyl groups is 1. The molecular formula is C19H23NO. The van der Waals surface area contributed by atoms with Crippen LogP contribution in [-0.4, -0.2) is 5.11 Å². The fraction of sp³-hybridized carbons (Fsp3) is 0.368. The zero-order valence-electron chi connectivity index (χ0n) is 12.7. The normalized spacial score (nSPS) is 18.8. The van der Waals surface area contributed by atoms with Gasteiger partial charge in [0.15, 0.2) is 0 Å². The Hall–Kier alpha value is -1.64. The molecule has 2 atom stereocenters. The molecule has 0 bridgehead atoms. The summed E-state index contributed by atoms with van der Waals surface area (Å²) in [6.07, 6.45) is 0.586. The van der Waals surface area contributed by atoms with Gasteiger partial charge in [0.2, 0.25) is 0 Å². The molecule has 2 N–H and O–H groups in total. The van der Waals surface area contributed by atoms with Crippen LogP contribution in [0, 0.1) is 5.92 Å². The number of rotatable bonds is 4. The van der Waals surface area contributed by atoms with Gasteiger partial charge in [-0.3, -0.25) is 0 Å². The molecule has 2 aromatic carbocycles. The molecule has 110 valence electrons. The molecule has 0 aromatic heterocycles. The molecule has 0 saturated carbocycles. The van der Waals surface area contributed by atoms with Crippen molar-refractivity contribution < 1.29 is 5.11 Å². The number of aliphatic hydroxyl groups excluding tert-OH is 1. The Morgan fingerprint density at radius 1 is 1.10 bits per heavy atom. The van der Waals surface area contributed by atoms with Gasteiger partial charge in [-0.05, 0) is 34.6 Å². The fourth-order valence-corrected chi connectivity index (χ4v) is 3.12. The van der Waals surface area contributed by atoms with Gasteiger partial charge in [0.05, 0.1) is 12.1 Å². The summed E-state index contributed by atoms with van der Waals surface area (Å²) >= 11 is 0. The highest BCUT2D eigenvalue weighted by molar-refractivity contribution is 5.37. The molecule has 0 radical (unpaired) electrons. The van der Waals surface area contributed by atoms with E-state index in [-0.39, 0.29) is 6.04 Å². The Labute approximate surface area is 126 Å². The number of benzene rings is 2.